The number of benzene rings is 2. The van der Waals surface area contributed by atoms with Gasteiger partial charge in [0.1, 0.15) is 0 Å². The molecule has 1 N–H and O–H groups in total. The highest BCUT2D eigenvalue weighted by atomic mass is 35.5. The summed E-state index contributed by atoms with van der Waals surface area (Å²) in [5.74, 6) is -0.275. The summed E-state index contributed by atoms with van der Waals surface area (Å²) >= 11 is 6.05. The zero-order valence-corrected chi connectivity index (χ0v) is 12.6. The Morgan fingerprint density at radius 1 is 1.09 bits per heavy atom. The van der Waals surface area contributed by atoms with Crippen molar-refractivity contribution in [1.82, 2.24) is 0 Å². The van der Waals surface area contributed by atoms with Crippen molar-refractivity contribution < 1.29 is 4.79 Å². The molecule has 1 heterocycles. The van der Waals surface area contributed by atoms with Crippen LogP contribution < -0.4 is 10.4 Å². The zero-order valence-electron chi connectivity index (χ0n) is 11.8. The Balaban J connectivity index is 1.84. The second-order valence-corrected chi connectivity index (χ2v) is 5.10. The molecule has 1 aliphatic heterocycles. The van der Waals surface area contributed by atoms with E-state index in [4.69, 9.17) is 11.6 Å². The van der Waals surface area contributed by atoms with E-state index in [1.165, 1.54) is 5.01 Å². The van der Waals surface area contributed by atoms with Crippen LogP contribution >= 0.6 is 11.6 Å². The first kappa shape index (κ1) is 14.3. The number of carbonyl (C=O) groups excluding carboxylic acids is 1. The summed E-state index contributed by atoms with van der Waals surface area (Å²) in [5, 5.41) is 10.3. The average molecular weight is 313 g/mol. The molecule has 110 valence electrons. The minimum Gasteiger partial charge on any atom is -0.276 e. The maximum atomic E-state index is 12.4. The molecule has 1 aliphatic rings. The summed E-state index contributed by atoms with van der Waals surface area (Å²) in [6.45, 7) is 1.74. The Labute approximate surface area is 132 Å². The van der Waals surface area contributed by atoms with Crippen molar-refractivity contribution >= 4 is 40.3 Å². The minimum atomic E-state index is -0.275. The standard InChI is InChI=1S/C16H13ClN4O/c1-11-15(19-18-14-10-6-5-9-13(14)17)16(22)21(20-11)12-7-3-2-4-8-12/h2-10,18H,1H3. The number of hydrogen-bond donors (Lipinski definition) is 1. The molecule has 0 aromatic heterocycles. The predicted molar refractivity (Wildman–Crippen MR) is 89.5 cm³/mol. The van der Waals surface area contributed by atoms with E-state index in [-0.39, 0.29) is 11.6 Å². The second-order valence-electron chi connectivity index (χ2n) is 4.69. The molecule has 0 radical (unpaired) electrons. The van der Waals surface area contributed by atoms with Crippen LogP contribution in [0.5, 0.6) is 0 Å². The van der Waals surface area contributed by atoms with Crippen molar-refractivity contribution in [2.45, 2.75) is 6.92 Å². The van der Waals surface area contributed by atoms with E-state index in [0.717, 1.165) is 0 Å². The van der Waals surface area contributed by atoms with Crippen LogP contribution in [0.15, 0.2) is 64.8 Å². The number of carbonyl (C=O) groups is 1. The van der Waals surface area contributed by atoms with Crippen LogP contribution in [0.3, 0.4) is 0 Å². The lowest BCUT2D eigenvalue weighted by Crippen LogP contribution is -2.27. The first-order valence-corrected chi connectivity index (χ1v) is 7.08. The third-order valence-electron chi connectivity index (χ3n) is 3.15. The van der Waals surface area contributed by atoms with E-state index in [1.54, 1.807) is 19.1 Å². The predicted octanol–water partition coefficient (Wildman–Crippen LogP) is 3.53. The molecule has 0 unspecified atom stereocenters. The molecule has 0 saturated heterocycles. The summed E-state index contributed by atoms with van der Waals surface area (Å²) in [5.41, 5.74) is 4.97. The Hall–Kier alpha value is -2.66. The molecule has 0 fully saturated rings. The number of anilines is 2. The second kappa shape index (κ2) is 5.99. The summed E-state index contributed by atoms with van der Waals surface area (Å²) in [6.07, 6.45) is 0. The molecule has 0 aliphatic carbocycles. The molecule has 0 atom stereocenters. The maximum Gasteiger partial charge on any atom is 0.301 e. The van der Waals surface area contributed by atoms with Crippen molar-refractivity contribution in [3.8, 4) is 0 Å². The van der Waals surface area contributed by atoms with E-state index in [2.05, 4.69) is 15.6 Å². The molecule has 6 heteroatoms. The third-order valence-corrected chi connectivity index (χ3v) is 3.48. The molecule has 0 bridgehead atoms. The Kier molecular flexibility index (Phi) is 3.89. The van der Waals surface area contributed by atoms with Gasteiger partial charge in [0.15, 0.2) is 5.71 Å². The fraction of sp³-hybridized carbons (Fsp3) is 0.0625. The molecule has 22 heavy (non-hydrogen) atoms. The van der Waals surface area contributed by atoms with E-state index < -0.39 is 0 Å². The minimum absolute atomic E-state index is 0.267. The molecule has 2 aromatic rings. The first-order valence-electron chi connectivity index (χ1n) is 6.70. The molecule has 5 nitrogen and oxygen atoms in total. The van der Waals surface area contributed by atoms with E-state index in [1.807, 2.05) is 42.5 Å². The average Bonchev–Trinajstić information content (AvgIpc) is 2.82. The monoisotopic (exact) mass is 312 g/mol. The number of nitrogens with one attached hydrogen (secondary N) is 1. The van der Waals surface area contributed by atoms with Crippen molar-refractivity contribution in [3.05, 3.63) is 59.6 Å². The highest BCUT2D eigenvalue weighted by molar-refractivity contribution is 6.71. The van der Waals surface area contributed by atoms with Crippen molar-refractivity contribution in [2.24, 2.45) is 10.2 Å². The van der Waals surface area contributed by atoms with Gasteiger partial charge in [-0.1, -0.05) is 41.9 Å². The smallest absolute Gasteiger partial charge is 0.276 e. The third kappa shape index (κ3) is 2.71. The normalized spacial score (nSPS) is 16.1. The van der Waals surface area contributed by atoms with Crippen molar-refractivity contribution in [3.63, 3.8) is 0 Å². The molecule has 2 aromatic carbocycles. The van der Waals surface area contributed by atoms with Gasteiger partial charge in [0.25, 0.3) is 0 Å². The topological polar surface area (TPSA) is 57.1 Å². The van der Waals surface area contributed by atoms with Crippen LogP contribution in [0.1, 0.15) is 6.92 Å². The number of nitrogens with zero attached hydrogens (tertiary/aromatic N) is 3. The fourth-order valence-electron chi connectivity index (χ4n) is 2.04. The summed E-state index contributed by atoms with van der Waals surface area (Å²) in [7, 11) is 0. The quantitative estimate of drug-likeness (QED) is 0.881. The number of amides is 1. The van der Waals surface area contributed by atoms with Gasteiger partial charge >= 0.3 is 5.91 Å². The van der Waals surface area contributed by atoms with Crippen LogP contribution in [0, 0.1) is 0 Å². The van der Waals surface area contributed by atoms with Gasteiger partial charge in [-0.25, -0.2) is 0 Å². The van der Waals surface area contributed by atoms with E-state index >= 15 is 0 Å². The zero-order chi connectivity index (χ0) is 15.5. The lowest BCUT2D eigenvalue weighted by Gasteiger charge is -2.10. The Bertz CT molecular complexity index is 771. The van der Waals surface area contributed by atoms with Gasteiger partial charge in [-0.15, -0.1) is 0 Å². The van der Waals surface area contributed by atoms with Gasteiger partial charge in [-0.05, 0) is 31.2 Å². The molecule has 0 saturated carbocycles. The van der Waals surface area contributed by atoms with Crippen LogP contribution in [0.2, 0.25) is 5.02 Å². The number of hydrogen-bond acceptors (Lipinski definition) is 4. The van der Waals surface area contributed by atoms with Crippen molar-refractivity contribution in [1.29, 1.82) is 0 Å². The van der Waals surface area contributed by atoms with Gasteiger partial charge in [-0.2, -0.15) is 15.2 Å². The summed E-state index contributed by atoms with van der Waals surface area (Å²) in [4.78, 5) is 12.4. The highest BCUT2D eigenvalue weighted by Crippen LogP contribution is 2.22. The van der Waals surface area contributed by atoms with Gasteiger partial charge < -0.3 is 0 Å². The Morgan fingerprint density at radius 3 is 2.50 bits per heavy atom. The van der Waals surface area contributed by atoms with Crippen molar-refractivity contribution in [2.75, 3.05) is 10.4 Å². The molecular formula is C16H13ClN4O. The van der Waals surface area contributed by atoms with Gasteiger partial charge in [0.2, 0.25) is 0 Å². The summed E-state index contributed by atoms with van der Waals surface area (Å²) in [6, 6.07) is 16.4. The SMILES string of the molecule is CC1=NN(c2ccccc2)C(=O)C1=NNc1ccccc1Cl. The molecular weight excluding hydrogens is 300 g/mol. The van der Waals surface area contributed by atoms with E-state index in [0.29, 0.717) is 22.1 Å². The molecule has 1 amide bonds. The largest absolute Gasteiger partial charge is 0.301 e. The number of para-hydroxylation sites is 2. The van der Waals surface area contributed by atoms with Crippen LogP contribution in [0.25, 0.3) is 0 Å². The lowest BCUT2D eigenvalue weighted by molar-refractivity contribution is -0.112. The highest BCUT2D eigenvalue weighted by Gasteiger charge is 2.30. The number of hydrazone groups is 2. The number of rotatable bonds is 3. The number of halogens is 1. The van der Waals surface area contributed by atoms with Gasteiger partial charge in [0.05, 0.1) is 22.1 Å². The van der Waals surface area contributed by atoms with Crippen LogP contribution in [0.4, 0.5) is 11.4 Å². The Morgan fingerprint density at radius 2 is 1.77 bits per heavy atom. The molecule has 0 spiro atoms. The first-order chi connectivity index (χ1) is 10.7. The van der Waals surface area contributed by atoms with Crippen LogP contribution in [-0.4, -0.2) is 17.3 Å². The van der Waals surface area contributed by atoms with E-state index in [9.17, 15) is 4.79 Å². The fourth-order valence-corrected chi connectivity index (χ4v) is 2.22. The summed E-state index contributed by atoms with van der Waals surface area (Å²) < 4.78 is 0. The van der Waals surface area contributed by atoms with Crippen LogP contribution in [-0.2, 0) is 4.79 Å². The van der Waals surface area contributed by atoms with Gasteiger partial charge in [-0.3, -0.25) is 10.2 Å². The lowest BCUT2D eigenvalue weighted by atomic mass is 10.2. The van der Waals surface area contributed by atoms with Gasteiger partial charge in [0, 0.05) is 0 Å². The molecule has 3 rings (SSSR count). The maximum absolute atomic E-state index is 12.4.